The zero-order valence-corrected chi connectivity index (χ0v) is 17.3. The molecule has 0 bridgehead atoms. The summed E-state index contributed by atoms with van der Waals surface area (Å²) in [5.41, 5.74) is 1.45. The van der Waals surface area contributed by atoms with Crippen molar-refractivity contribution in [3.05, 3.63) is 33.3 Å². The van der Waals surface area contributed by atoms with E-state index < -0.39 is 11.9 Å². The number of hydrogen-bond acceptors (Lipinski definition) is 4. The van der Waals surface area contributed by atoms with Crippen LogP contribution in [-0.4, -0.2) is 46.8 Å². The number of benzene rings is 1. The molecule has 3 N–H and O–H groups in total. The zero-order valence-electron chi connectivity index (χ0n) is 15.8. The highest BCUT2D eigenvalue weighted by Gasteiger charge is 2.55. The van der Waals surface area contributed by atoms with Gasteiger partial charge in [0.25, 0.3) is 0 Å². The first kappa shape index (κ1) is 20.0. The lowest BCUT2D eigenvalue weighted by Gasteiger charge is -2.29. The molecule has 0 spiro atoms. The molecule has 28 heavy (non-hydrogen) atoms. The summed E-state index contributed by atoms with van der Waals surface area (Å²) in [5, 5.41) is 16.4. The van der Waals surface area contributed by atoms with Crippen molar-refractivity contribution in [2.45, 2.75) is 56.8 Å². The maximum absolute atomic E-state index is 13.0. The van der Waals surface area contributed by atoms with Crippen molar-refractivity contribution in [3.8, 4) is 0 Å². The molecule has 8 heteroatoms. The predicted molar refractivity (Wildman–Crippen MR) is 107 cm³/mol. The molecule has 3 atom stereocenters. The van der Waals surface area contributed by atoms with E-state index in [1.165, 1.54) is 0 Å². The minimum Gasteiger partial charge on any atom is -0.361 e. The summed E-state index contributed by atoms with van der Waals surface area (Å²) in [6.07, 6.45) is 2.25. The van der Waals surface area contributed by atoms with E-state index in [1.54, 1.807) is 0 Å². The highest BCUT2D eigenvalue weighted by Crippen LogP contribution is 2.44. The number of amides is 2. The monoisotopic (exact) mass is 425 g/mol. The summed E-state index contributed by atoms with van der Waals surface area (Å²) < 4.78 is 0. The number of rotatable bonds is 4. The lowest BCUT2D eigenvalue weighted by molar-refractivity contribution is -0.132. The van der Waals surface area contributed by atoms with E-state index in [9.17, 15) is 14.7 Å². The summed E-state index contributed by atoms with van der Waals surface area (Å²) in [6.45, 7) is 3.32. The van der Waals surface area contributed by atoms with E-state index in [2.05, 4.69) is 17.6 Å². The molecule has 6 nitrogen and oxygen atoms in total. The van der Waals surface area contributed by atoms with Gasteiger partial charge >= 0.3 is 0 Å². The van der Waals surface area contributed by atoms with E-state index in [0.29, 0.717) is 29.6 Å². The second-order valence-electron chi connectivity index (χ2n) is 8.22. The van der Waals surface area contributed by atoms with E-state index in [1.807, 2.05) is 17.0 Å². The number of aliphatic hydroxyl groups excluding tert-OH is 1. The summed E-state index contributed by atoms with van der Waals surface area (Å²) in [6, 6.07) is 3.81. The molecular weight excluding hydrogens is 401 g/mol. The molecule has 2 amide bonds. The number of aliphatic hydroxyl groups is 1. The molecule has 1 unspecified atom stereocenters. The Hall–Kier alpha value is -1.34. The molecule has 3 aliphatic rings. The van der Waals surface area contributed by atoms with Gasteiger partial charge in [-0.05, 0) is 60.8 Å². The lowest BCUT2D eigenvalue weighted by Crippen LogP contribution is -2.50. The minimum absolute atomic E-state index is 0.0351. The normalized spacial score (nSPS) is 30.0. The van der Waals surface area contributed by atoms with Crippen LogP contribution in [0.5, 0.6) is 0 Å². The van der Waals surface area contributed by atoms with E-state index in [0.717, 1.165) is 30.4 Å². The second-order valence-corrected chi connectivity index (χ2v) is 9.04. The molecule has 152 valence electrons. The van der Waals surface area contributed by atoms with Crippen LogP contribution >= 0.6 is 23.2 Å². The molecule has 0 aromatic heterocycles. The van der Waals surface area contributed by atoms with Crippen molar-refractivity contribution in [3.63, 3.8) is 0 Å². The highest BCUT2D eigenvalue weighted by atomic mass is 35.5. The summed E-state index contributed by atoms with van der Waals surface area (Å²) in [7, 11) is 0. The van der Waals surface area contributed by atoms with E-state index in [4.69, 9.17) is 23.2 Å². The standard InChI is InChI=1S/C20H25Cl2N3O3/c1-11-10-25(7-5-12-8-15(21)16(22)9-14(11)12)17(26)4-6-20(13-2-3-13)18(27)23-19(28)24-20/h8-9,11,13,19,24,28H,2-7,10H2,1H3,(H,23,27)/t11-,19?,20+/m1/s1. The number of carbonyl (C=O) groups excluding carboxylic acids is 2. The van der Waals surface area contributed by atoms with Crippen LogP contribution in [0, 0.1) is 5.92 Å². The number of carbonyl (C=O) groups is 2. The lowest BCUT2D eigenvalue weighted by atomic mass is 9.87. The Bertz CT molecular complexity index is 814. The average Bonchev–Trinajstić information content (AvgIpc) is 3.45. The Morgan fingerprint density at radius 2 is 2.04 bits per heavy atom. The number of halogens is 2. The number of fused-ring (bicyclic) bond motifs is 1. The van der Waals surface area contributed by atoms with Gasteiger partial charge in [-0.1, -0.05) is 30.1 Å². The van der Waals surface area contributed by atoms with Crippen LogP contribution in [0.25, 0.3) is 0 Å². The number of nitrogens with one attached hydrogen (secondary N) is 2. The molecule has 1 aliphatic carbocycles. The molecule has 2 aliphatic heterocycles. The molecule has 1 aromatic rings. The van der Waals surface area contributed by atoms with E-state index >= 15 is 0 Å². The second kappa shape index (κ2) is 7.48. The Morgan fingerprint density at radius 3 is 2.68 bits per heavy atom. The third-order valence-corrected chi connectivity index (χ3v) is 7.01. The van der Waals surface area contributed by atoms with Gasteiger partial charge in [0.05, 0.1) is 10.0 Å². The van der Waals surface area contributed by atoms with Gasteiger partial charge in [0.2, 0.25) is 11.8 Å². The third kappa shape index (κ3) is 3.63. The van der Waals surface area contributed by atoms with Crippen molar-refractivity contribution < 1.29 is 14.7 Å². The van der Waals surface area contributed by atoms with Crippen LogP contribution in [0.2, 0.25) is 10.0 Å². The number of hydrogen-bond donors (Lipinski definition) is 3. The van der Waals surface area contributed by atoms with Gasteiger partial charge in [0.15, 0.2) is 6.35 Å². The van der Waals surface area contributed by atoms with Crippen LogP contribution in [0.3, 0.4) is 0 Å². The maximum Gasteiger partial charge on any atom is 0.243 e. The quantitative estimate of drug-likeness (QED) is 0.691. The molecule has 2 heterocycles. The van der Waals surface area contributed by atoms with E-state index in [-0.39, 0.29) is 30.1 Å². The zero-order chi connectivity index (χ0) is 20.1. The van der Waals surface area contributed by atoms with Gasteiger partial charge in [-0.25, -0.2) is 0 Å². The third-order valence-electron chi connectivity index (χ3n) is 6.29. The molecule has 0 radical (unpaired) electrons. The first-order valence-corrected chi connectivity index (χ1v) is 10.6. The fourth-order valence-corrected chi connectivity index (χ4v) is 4.97. The molecule has 2 fully saturated rings. The largest absolute Gasteiger partial charge is 0.361 e. The molecule has 4 rings (SSSR count). The van der Waals surface area contributed by atoms with Crippen LogP contribution in [0.1, 0.15) is 49.7 Å². The van der Waals surface area contributed by atoms with Crippen molar-refractivity contribution in [1.29, 1.82) is 0 Å². The van der Waals surface area contributed by atoms with Crippen molar-refractivity contribution in [2.75, 3.05) is 13.1 Å². The maximum atomic E-state index is 13.0. The van der Waals surface area contributed by atoms with Gasteiger partial charge in [-0.15, -0.1) is 0 Å². The summed E-state index contributed by atoms with van der Waals surface area (Å²) in [5.74, 6) is 0.182. The molecule has 1 saturated carbocycles. The van der Waals surface area contributed by atoms with Crippen LogP contribution in [-0.2, 0) is 16.0 Å². The Labute approximate surface area is 174 Å². The van der Waals surface area contributed by atoms with Crippen molar-refractivity contribution >= 4 is 35.0 Å². The van der Waals surface area contributed by atoms with Crippen molar-refractivity contribution in [1.82, 2.24) is 15.5 Å². The van der Waals surface area contributed by atoms with Gasteiger partial charge < -0.3 is 15.3 Å². The fourth-order valence-electron chi connectivity index (χ4n) is 4.61. The Morgan fingerprint density at radius 1 is 1.32 bits per heavy atom. The van der Waals surface area contributed by atoms with Crippen LogP contribution in [0.15, 0.2) is 12.1 Å². The summed E-state index contributed by atoms with van der Waals surface area (Å²) in [4.78, 5) is 27.2. The predicted octanol–water partition coefficient (Wildman–Crippen LogP) is 2.41. The van der Waals surface area contributed by atoms with Crippen LogP contribution in [0.4, 0.5) is 0 Å². The fraction of sp³-hybridized carbons (Fsp3) is 0.600. The topological polar surface area (TPSA) is 81.7 Å². The summed E-state index contributed by atoms with van der Waals surface area (Å²) >= 11 is 12.4. The van der Waals surface area contributed by atoms with Gasteiger partial charge in [-0.3, -0.25) is 14.9 Å². The van der Waals surface area contributed by atoms with Gasteiger partial charge in [-0.2, -0.15) is 0 Å². The molecule has 1 aromatic carbocycles. The smallest absolute Gasteiger partial charge is 0.243 e. The first-order valence-electron chi connectivity index (χ1n) is 9.82. The molecule has 1 saturated heterocycles. The minimum atomic E-state index is -1.04. The molecular formula is C20H25Cl2N3O3. The van der Waals surface area contributed by atoms with Gasteiger partial charge in [0, 0.05) is 19.5 Å². The number of nitrogens with zero attached hydrogens (tertiary/aromatic N) is 1. The highest BCUT2D eigenvalue weighted by molar-refractivity contribution is 6.42. The van der Waals surface area contributed by atoms with Crippen LogP contribution < -0.4 is 10.6 Å². The average molecular weight is 426 g/mol. The first-order chi connectivity index (χ1) is 13.3. The SMILES string of the molecule is C[C@@H]1CN(C(=O)CC[C@@]2(C3CC3)NC(O)NC2=O)CCc2cc(Cl)c(Cl)cc21. The van der Waals surface area contributed by atoms with Crippen molar-refractivity contribution in [2.24, 2.45) is 5.92 Å². The Kier molecular flexibility index (Phi) is 5.33. The Balaban J connectivity index is 1.44. The van der Waals surface area contributed by atoms with Gasteiger partial charge in [0.1, 0.15) is 5.54 Å².